The molecule has 1 aromatic carbocycles. The monoisotopic (exact) mass is 917 g/mol. The SMILES string of the molecule is CN[C@H](C(=O)N[C@H](C(=O)N(C)[C@H](C(=O)N(C)[C@H](C(=O)N(C)[C@H](C(=O)N[C@H](C(=O)N(C)[C@H](C(=O)NCCc1ccc(O)c(O)c1)C(C)C)C(C)C)C(C)C)C(C)C)C(C)C)C(C)C)C(C)C. The number of phenolic OH excluding ortho intramolecular Hbond substituents is 2. The largest absolute Gasteiger partial charge is 0.504 e. The molecule has 7 atom stereocenters. The lowest BCUT2D eigenvalue weighted by atomic mass is 9.93. The van der Waals surface area contributed by atoms with Gasteiger partial charge in [-0.3, -0.25) is 33.6 Å². The zero-order chi connectivity index (χ0) is 50.5. The Labute approximate surface area is 389 Å². The van der Waals surface area contributed by atoms with E-state index in [1.54, 1.807) is 54.7 Å². The predicted octanol–water partition coefficient (Wildman–Crippen LogP) is 3.21. The minimum absolute atomic E-state index is 0.0403. The van der Waals surface area contributed by atoms with Gasteiger partial charge in [-0.05, 0) is 72.6 Å². The standard InChI is InChI=1S/C48H84N8O9/c1-25(2)35(49-15)42(59)51-36(26(3)4)46(63)55(18)40(30(11)12)48(65)56(19)41(31(13)14)47(64)54(17)39(29(9)10)44(61)52-37(27(5)6)45(62)53(16)38(28(7)8)43(60)50-23-22-32-20-21-33(57)34(58)24-32/h20-21,24-31,35-41,49,57-58H,22-23H2,1-19H3,(H,50,60)(H,51,59)(H,52,61)/t35-,36-,37-,38-,39-,40-,41-/m0/s1. The van der Waals surface area contributed by atoms with E-state index in [1.165, 1.54) is 59.9 Å². The van der Waals surface area contributed by atoms with Gasteiger partial charge in [0.05, 0.1) is 6.04 Å². The minimum atomic E-state index is -1.07. The fourth-order valence-corrected chi connectivity index (χ4v) is 8.49. The molecule has 0 unspecified atom stereocenters. The second-order valence-corrected chi connectivity index (χ2v) is 19.9. The van der Waals surface area contributed by atoms with Gasteiger partial charge in [0.25, 0.3) is 0 Å². The molecule has 0 saturated carbocycles. The third-order valence-corrected chi connectivity index (χ3v) is 12.1. The van der Waals surface area contributed by atoms with Crippen LogP contribution in [0.5, 0.6) is 11.5 Å². The van der Waals surface area contributed by atoms with Gasteiger partial charge in [0.1, 0.15) is 36.3 Å². The summed E-state index contributed by atoms with van der Waals surface area (Å²) in [6, 6.07) is -2.11. The normalized spacial score (nSPS) is 15.0. The van der Waals surface area contributed by atoms with E-state index in [1.807, 2.05) is 55.4 Å². The number of nitrogens with one attached hydrogen (secondary N) is 4. The first-order chi connectivity index (χ1) is 30.0. The summed E-state index contributed by atoms with van der Waals surface area (Å²) < 4.78 is 0. The van der Waals surface area contributed by atoms with Gasteiger partial charge in [-0.15, -0.1) is 0 Å². The fraction of sp³-hybridized carbons (Fsp3) is 0.729. The zero-order valence-corrected chi connectivity index (χ0v) is 42.8. The van der Waals surface area contributed by atoms with E-state index in [9.17, 15) is 43.8 Å². The Hall–Kier alpha value is -4.93. The van der Waals surface area contributed by atoms with Gasteiger partial charge in [0.2, 0.25) is 41.4 Å². The van der Waals surface area contributed by atoms with Gasteiger partial charge in [0.15, 0.2) is 11.5 Å². The quantitative estimate of drug-likeness (QED) is 0.0832. The highest BCUT2D eigenvalue weighted by Crippen LogP contribution is 2.26. The Kier molecular flexibility index (Phi) is 22.9. The number of hydrogen-bond donors (Lipinski definition) is 6. The lowest BCUT2D eigenvalue weighted by Crippen LogP contribution is -2.63. The first-order valence-corrected chi connectivity index (χ1v) is 23.1. The molecular weight excluding hydrogens is 833 g/mol. The molecule has 17 heteroatoms. The molecule has 17 nitrogen and oxygen atoms in total. The first-order valence-electron chi connectivity index (χ1n) is 23.1. The molecule has 0 bridgehead atoms. The highest BCUT2D eigenvalue weighted by Gasteiger charge is 2.44. The Balaban J connectivity index is 3.40. The molecule has 7 amide bonds. The summed E-state index contributed by atoms with van der Waals surface area (Å²) in [5.41, 5.74) is 0.692. The fourth-order valence-electron chi connectivity index (χ4n) is 8.49. The van der Waals surface area contributed by atoms with Gasteiger partial charge >= 0.3 is 0 Å². The number of carbonyl (C=O) groups is 7. The van der Waals surface area contributed by atoms with Crippen LogP contribution in [0, 0.1) is 41.4 Å². The highest BCUT2D eigenvalue weighted by atomic mass is 16.3. The maximum atomic E-state index is 14.6. The number of hydrogen-bond acceptors (Lipinski definition) is 10. The van der Waals surface area contributed by atoms with Crippen molar-refractivity contribution in [1.82, 2.24) is 40.9 Å². The lowest BCUT2D eigenvalue weighted by Gasteiger charge is -2.41. The average Bonchev–Trinajstić information content (AvgIpc) is 3.19. The molecule has 6 N–H and O–H groups in total. The summed E-state index contributed by atoms with van der Waals surface area (Å²) in [6.45, 7) is 25.6. The van der Waals surface area contributed by atoms with E-state index in [2.05, 4.69) is 21.3 Å². The van der Waals surface area contributed by atoms with Crippen LogP contribution >= 0.6 is 0 Å². The maximum absolute atomic E-state index is 14.6. The number of carbonyl (C=O) groups excluding carboxylic acids is 7. The predicted molar refractivity (Wildman–Crippen MR) is 253 cm³/mol. The van der Waals surface area contributed by atoms with Crippen LogP contribution in [0.1, 0.15) is 102 Å². The van der Waals surface area contributed by atoms with E-state index in [4.69, 9.17) is 0 Å². The molecule has 0 aliphatic heterocycles. The minimum Gasteiger partial charge on any atom is -0.504 e. The van der Waals surface area contributed by atoms with E-state index in [0.29, 0.717) is 12.0 Å². The zero-order valence-electron chi connectivity index (χ0n) is 42.8. The first kappa shape index (κ1) is 58.1. The van der Waals surface area contributed by atoms with Gasteiger partial charge in [0, 0.05) is 34.7 Å². The lowest BCUT2D eigenvalue weighted by molar-refractivity contribution is -0.155. The molecule has 0 aliphatic rings. The van der Waals surface area contributed by atoms with Crippen molar-refractivity contribution >= 4 is 41.4 Å². The summed E-state index contributed by atoms with van der Waals surface area (Å²) in [6.07, 6.45) is 0.363. The number of nitrogens with zero attached hydrogens (tertiary/aromatic N) is 4. The molecule has 1 rings (SSSR count). The van der Waals surface area contributed by atoms with Crippen LogP contribution in [0.2, 0.25) is 0 Å². The number of phenols is 2. The van der Waals surface area contributed by atoms with Gasteiger partial charge in [-0.2, -0.15) is 0 Å². The van der Waals surface area contributed by atoms with Crippen molar-refractivity contribution < 1.29 is 43.8 Å². The second kappa shape index (κ2) is 25.7. The Bertz CT molecular complexity index is 1780. The smallest absolute Gasteiger partial charge is 0.246 e. The molecule has 370 valence electrons. The van der Waals surface area contributed by atoms with Crippen LogP contribution in [0.3, 0.4) is 0 Å². The van der Waals surface area contributed by atoms with E-state index in [0.717, 1.165) is 0 Å². The molecule has 1 aromatic rings. The van der Waals surface area contributed by atoms with Crippen LogP contribution < -0.4 is 21.3 Å². The van der Waals surface area contributed by atoms with Gasteiger partial charge in [-0.25, -0.2) is 0 Å². The van der Waals surface area contributed by atoms with Crippen LogP contribution in [-0.4, -0.2) is 155 Å². The number of likely N-dealkylation sites (N-methyl/N-ethyl adjacent to an activating group) is 5. The van der Waals surface area contributed by atoms with E-state index in [-0.39, 0.29) is 47.6 Å². The summed E-state index contributed by atoms with van der Waals surface area (Å²) in [7, 11) is 7.74. The van der Waals surface area contributed by atoms with Crippen LogP contribution in [0.25, 0.3) is 0 Å². The Morgan fingerprint density at radius 3 is 1.18 bits per heavy atom. The molecule has 0 fully saturated rings. The van der Waals surface area contributed by atoms with Crippen LogP contribution in [0.4, 0.5) is 0 Å². The van der Waals surface area contributed by atoms with Crippen LogP contribution in [-0.2, 0) is 40.0 Å². The van der Waals surface area contributed by atoms with Crippen molar-refractivity contribution in [3.63, 3.8) is 0 Å². The summed E-state index contributed by atoms with van der Waals surface area (Å²) in [5, 5.41) is 31.1. The molecule has 0 heterocycles. The molecule has 0 spiro atoms. The summed E-state index contributed by atoms with van der Waals surface area (Å²) >= 11 is 0. The number of benzene rings is 1. The number of rotatable bonds is 24. The Morgan fingerprint density at radius 1 is 0.462 bits per heavy atom. The highest BCUT2D eigenvalue weighted by molar-refractivity contribution is 5.97. The average molecular weight is 917 g/mol. The van der Waals surface area contributed by atoms with Crippen molar-refractivity contribution in [1.29, 1.82) is 0 Å². The summed E-state index contributed by atoms with van der Waals surface area (Å²) in [4.78, 5) is 104. The number of aromatic hydroxyl groups is 2. The van der Waals surface area contributed by atoms with Gasteiger partial charge < -0.3 is 51.1 Å². The third-order valence-electron chi connectivity index (χ3n) is 12.1. The van der Waals surface area contributed by atoms with E-state index >= 15 is 0 Å². The third kappa shape index (κ3) is 15.3. The van der Waals surface area contributed by atoms with Gasteiger partial charge in [-0.1, -0.05) is 103 Å². The molecule has 0 saturated heterocycles. The Morgan fingerprint density at radius 2 is 0.815 bits per heavy atom. The van der Waals surface area contributed by atoms with Crippen LogP contribution in [0.15, 0.2) is 18.2 Å². The van der Waals surface area contributed by atoms with Crippen molar-refractivity contribution in [3.8, 4) is 11.5 Å². The topological polar surface area (TPSA) is 221 Å². The second-order valence-electron chi connectivity index (χ2n) is 19.9. The molecule has 65 heavy (non-hydrogen) atoms. The van der Waals surface area contributed by atoms with E-state index < -0.39 is 95.5 Å². The van der Waals surface area contributed by atoms with Crippen molar-refractivity contribution in [2.75, 3.05) is 41.8 Å². The molecule has 0 radical (unpaired) electrons. The molecule has 0 aliphatic carbocycles. The maximum Gasteiger partial charge on any atom is 0.246 e. The molecule has 0 aromatic heterocycles. The van der Waals surface area contributed by atoms with Crippen molar-refractivity contribution in [3.05, 3.63) is 23.8 Å². The molecular formula is C48H84N8O9. The number of amides is 7. The van der Waals surface area contributed by atoms with Crippen molar-refractivity contribution in [2.24, 2.45) is 41.4 Å². The summed E-state index contributed by atoms with van der Waals surface area (Å²) in [5.74, 6) is -6.06. The van der Waals surface area contributed by atoms with Crippen molar-refractivity contribution in [2.45, 2.75) is 146 Å².